The lowest BCUT2D eigenvalue weighted by molar-refractivity contribution is 0.0275. The summed E-state index contributed by atoms with van der Waals surface area (Å²) in [6.07, 6.45) is 1.90. The van der Waals surface area contributed by atoms with Crippen LogP contribution in [0.4, 0.5) is 5.82 Å². The maximum atomic E-state index is 5.56. The van der Waals surface area contributed by atoms with E-state index in [0.717, 1.165) is 25.3 Å². The summed E-state index contributed by atoms with van der Waals surface area (Å²) >= 11 is 0. The van der Waals surface area contributed by atoms with Crippen molar-refractivity contribution in [1.82, 2.24) is 10.3 Å². The first-order valence-electron chi connectivity index (χ1n) is 4.40. The molecule has 70 valence electrons. The summed E-state index contributed by atoms with van der Waals surface area (Å²) in [6, 6.07) is 3.76. The van der Waals surface area contributed by atoms with Gasteiger partial charge in [-0.1, -0.05) is 6.07 Å². The second-order valence-electron chi connectivity index (χ2n) is 3.08. The summed E-state index contributed by atoms with van der Waals surface area (Å²) in [7, 11) is 0. The van der Waals surface area contributed by atoms with Crippen LogP contribution in [0.3, 0.4) is 0 Å². The quantitative estimate of drug-likeness (QED) is 0.652. The number of anilines is 1. The van der Waals surface area contributed by atoms with Gasteiger partial charge in [0.25, 0.3) is 0 Å². The minimum atomic E-state index is 0.127. The van der Waals surface area contributed by atoms with E-state index in [1.165, 1.54) is 0 Å². The Balaban J connectivity index is 2.10. The van der Waals surface area contributed by atoms with Gasteiger partial charge in [-0.3, -0.25) is 0 Å². The molecule has 0 aromatic carbocycles. The summed E-state index contributed by atoms with van der Waals surface area (Å²) in [5.74, 6) is 0.549. The molecule has 0 amide bonds. The molecule has 1 aromatic rings. The largest absolute Gasteiger partial charge is 0.384 e. The number of aromatic nitrogens is 1. The molecule has 0 unspecified atom stereocenters. The van der Waals surface area contributed by atoms with Gasteiger partial charge in [-0.25, -0.2) is 4.98 Å². The van der Waals surface area contributed by atoms with E-state index < -0.39 is 0 Å². The second kappa shape index (κ2) is 3.72. The van der Waals surface area contributed by atoms with Crippen LogP contribution in [-0.4, -0.2) is 24.7 Å². The van der Waals surface area contributed by atoms with Gasteiger partial charge in [-0.2, -0.15) is 0 Å². The van der Waals surface area contributed by atoms with Crippen molar-refractivity contribution in [3.8, 4) is 0 Å². The van der Waals surface area contributed by atoms with Gasteiger partial charge in [0.2, 0.25) is 0 Å². The lowest BCUT2D eigenvalue weighted by Gasteiger charge is -2.23. The van der Waals surface area contributed by atoms with Gasteiger partial charge in [-0.05, 0) is 6.07 Å². The average Bonchev–Trinajstić information content (AvgIpc) is 2.20. The molecule has 13 heavy (non-hydrogen) atoms. The molecule has 3 N–H and O–H groups in total. The fourth-order valence-corrected chi connectivity index (χ4v) is 1.39. The number of nitrogens with two attached hydrogens (primary N) is 1. The highest BCUT2D eigenvalue weighted by atomic mass is 16.5. The molecular weight excluding hydrogens is 166 g/mol. The van der Waals surface area contributed by atoms with Crippen molar-refractivity contribution in [3.63, 3.8) is 0 Å². The predicted molar refractivity (Wildman–Crippen MR) is 50.2 cm³/mol. The Morgan fingerprint density at radius 1 is 1.54 bits per heavy atom. The van der Waals surface area contributed by atoms with Gasteiger partial charge in [0.1, 0.15) is 5.82 Å². The monoisotopic (exact) mass is 179 g/mol. The molecule has 0 spiro atoms. The molecule has 4 heteroatoms. The highest BCUT2D eigenvalue weighted by Gasteiger charge is 2.15. The van der Waals surface area contributed by atoms with Gasteiger partial charge >= 0.3 is 0 Å². The van der Waals surface area contributed by atoms with E-state index in [1.807, 2.05) is 6.07 Å². The van der Waals surface area contributed by atoms with Gasteiger partial charge in [0, 0.05) is 24.8 Å². The van der Waals surface area contributed by atoms with Gasteiger partial charge in [0.15, 0.2) is 0 Å². The molecule has 2 heterocycles. The van der Waals surface area contributed by atoms with Crippen molar-refractivity contribution in [1.29, 1.82) is 0 Å². The molecule has 2 rings (SSSR count). The fourth-order valence-electron chi connectivity index (χ4n) is 1.39. The summed E-state index contributed by atoms with van der Waals surface area (Å²) in [5.41, 5.74) is 6.57. The van der Waals surface area contributed by atoms with Crippen LogP contribution < -0.4 is 11.1 Å². The van der Waals surface area contributed by atoms with Crippen LogP contribution in [0, 0.1) is 0 Å². The van der Waals surface area contributed by atoms with E-state index in [4.69, 9.17) is 10.5 Å². The van der Waals surface area contributed by atoms with Crippen molar-refractivity contribution < 1.29 is 4.74 Å². The van der Waals surface area contributed by atoms with Crippen LogP contribution in [0.5, 0.6) is 0 Å². The topological polar surface area (TPSA) is 60.2 Å². The molecule has 0 saturated carbocycles. The highest BCUT2D eigenvalue weighted by Crippen LogP contribution is 2.17. The van der Waals surface area contributed by atoms with E-state index in [2.05, 4.69) is 10.3 Å². The number of nitrogen functional groups attached to an aromatic ring is 1. The first-order valence-corrected chi connectivity index (χ1v) is 4.40. The van der Waals surface area contributed by atoms with E-state index in [9.17, 15) is 0 Å². The van der Waals surface area contributed by atoms with Crippen molar-refractivity contribution in [2.45, 2.75) is 6.10 Å². The Hall–Kier alpha value is -1.13. The van der Waals surface area contributed by atoms with Crippen LogP contribution in [0.2, 0.25) is 0 Å². The molecule has 1 saturated heterocycles. The molecule has 1 aliphatic rings. The number of ether oxygens (including phenoxy) is 1. The number of morpholine rings is 1. The Morgan fingerprint density at radius 2 is 2.46 bits per heavy atom. The molecule has 1 fully saturated rings. The third-order valence-electron chi connectivity index (χ3n) is 2.11. The molecule has 0 radical (unpaired) electrons. The Kier molecular flexibility index (Phi) is 2.42. The molecule has 1 aliphatic heterocycles. The molecule has 1 atom stereocenters. The number of nitrogens with one attached hydrogen (secondary N) is 1. The Labute approximate surface area is 77.1 Å². The maximum absolute atomic E-state index is 5.56. The zero-order chi connectivity index (χ0) is 9.10. The summed E-state index contributed by atoms with van der Waals surface area (Å²) < 4.78 is 5.56. The lowest BCUT2D eigenvalue weighted by atomic mass is 10.1. The van der Waals surface area contributed by atoms with Crippen molar-refractivity contribution in [2.24, 2.45) is 0 Å². The normalized spacial score (nSPS) is 22.9. The first-order chi connectivity index (χ1) is 6.36. The summed E-state index contributed by atoms with van der Waals surface area (Å²) in [4.78, 5) is 4.02. The number of hydrogen-bond donors (Lipinski definition) is 2. The van der Waals surface area contributed by atoms with Gasteiger partial charge < -0.3 is 15.8 Å². The van der Waals surface area contributed by atoms with Crippen molar-refractivity contribution >= 4 is 5.82 Å². The highest BCUT2D eigenvalue weighted by molar-refractivity contribution is 5.30. The van der Waals surface area contributed by atoms with Crippen LogP contribution in [0.25, 0.3) is 0 Å². The number of pyridine rings is 1. The van der Waals surface area contributed by atoms with Crippen molar-refractivity contribution in [2.75, 3.05) is 25.4 Å². The number of nitrogens with zero attached hydrogens (tertiary/aromatic N) is 1. The van der Waals surface area contributed by atoms with Crippen LogP contribution in [0.15, 0.2) is 18.3 Å². The Bertz CT molecular complexity index is 267. The van der Waals surface area contributed by atoms with E-state index in [0.29, 0.717) is 5.82 Å². The molecule has 4 nitrogen and oxygen atoms in total. The minimum Gasteiger partial charge on any atom is -0.384 e. The minimum absolute atomic E-state index is 0.127. The third kappa shape index (κ3) is 1.96. The maximum Gasteiger partial charge on any atom is 0.123 e. The smallest absolute Gasteiger partial charge is 0.123 e. The fraction of sp³-hybridized carbons (Fsp3) is 0.444. The zero-order valence-corrected chi connectivity index (χ0v) is 7.36. The average molecular weight is 179 g/mol. The Morgan fingerprint density at radius 3 is 3.08 bits per heavy atom. The van der Waals surface area contributed by atoms with E-state index >= 15 is 0 Å². The van der Waals surface area contributed by atoms with Crippen LogP contribution >= 0.6 is 0 Å². The SMILES string of the molecule is Nc1ccc([C@@H]2CNCCO2)cn1. The molecule has 0 aliphatic carbocycles. The van der Waals surface area contributed by atoms with Gasteiger partial charge in [0.05, 0.1) is 12.7 Å². The predicted octanol–water partition coefficient (Wildman–Crippen LogP) is 0.325. The molecular formula is C9H13N3O. The standard InChI is InChI=1S/C9H13N3O/c10-9-2-1-7(5-12-9)8-6-11-3-4-13-8/h1-2,5,8,11H,3-4,6H2,(H2,10,12)/t8-/m0/s1. The summed E-state index contributed by atoms with van der Waals surface area (Å²) in [6.45, 7) is 2.54. The van der Waals surface area contributed by atoms with Crippen LogP contribution in [-0.2, 0) is 4.74 Å². The second-order valence-corrected chi connectivity index (χ2v) is 3.08. The zero-order valence-electron chi connectivity index (χ0n) is 7.36. The van der Waals surface area contributed by atoms with Crippen LogP contribution in [0.1, 0.15) is 11.7 Å². The van der Waals surface area contributed by atoms with E-state index in [1.54, 1.807) is 12.3 Å². The van der Waals surface area contributed by atoms with Gasteiger partial charge in [-0.15, -0.1) is 0 Å². The molecule has 0 bridgehead atoms. The third-order valence-corrected chi connectivity index (χ3v) is 2.11. The molecule has 1 aromatic heterocycles. The first kappa shape index (κ1) is 8.47. The summed E-state index contributed by atoms with van der Waals surface area (Å²) in [5, 5.41) is 3.26. The number of rotatable bonds is 1. The lowest BCUT2D eigenvalue weighted by Crippen LogP contribution is -2.33. The van der Waals surface area contributed by atoms with E-state index in [-0.39, 0.29) is 6.10 Å². The van der Waals surface area contributed by atoms with Crippen molar-refractivity contribution in [3.05, 3.63) is 23.9 Å². The number of hydrogen-bond acceptors (Lipinski definition) is 4.